The van der Waals surface area contributed by atoms with Gasteiger partial charge in [-0.15, -0.1) is 0 Å². The number of carbonyl (C=O) groups is 1. The molecule has 0 saturated carbocycles. The number of hydrogen-bond donors (Lipinski definition) is 2. The van der Waals surface area contributed by atoms with Crippen molar-refractivity contribution < 1.29 is 32.5 Å². The summed E-state index contributed by atoms with van der Waals surface area (Å²) in [6.07, 6.45) is 0. The van der Waals surface area contributed by atoms with Gasteiger partial charge in [-0.3, -0.25) is 4.79 Å². The van der Waals surface area contributed by atoms with E-state index in [1.165, 1.54) is 12.1 Å². The monoisotopic (exact) mass is 319 g/mol. The average molecular weight is 319 g/mol. The molecule has 0 aliphatic carbocycles. The largest absolute Gasteiger partial charge is 2.00 e. The minimum Gasteiger partial charge on any atom is -0.790 e. The van der Waals surface area contributed by atoms with E-state index in [0.717, 1.165) is 0 Å². The molecule has 2 N–H and O–H groups in total. The predicted octanol–water partition coefficient (Wildman–Crippen LogP) is -2.45. The molecule has 0 aromatic heterocycles. The average Bonchev–Trinajstić information content (AvgIpc) is 2.36. The Morgan fingerprint density at radius 2 is 1.67 bits per heavy atom. The number of benzene rings is 1. The van der Waals surface area contributed by atoms with Gasteiger partial charge in [-0.1, -0.05) is 12.1 Å². The van der Waals surface area contributed by atoms with E-state index in [1.807, 2.05) is 4.72 Å². The third-order valence-corrected chi connectivity index (χ3v) is 3.04. The maximum atomic E-state index is 11.1. The third kappa shape index (κ3) is 5.33. The van der Waals surface area contributed by atoms with Crippen LogP contribution in [0.4, 0.5) is 0 Å². The molecule has 1 aromatic carbocycles. The Bertz CT molecular complexity index is 587. The first-order chi connectivity index (χ1) is 7.61. The van der Waals surface area contributed by atoms with E-state index in [1.54, 1.807) is 12.1 Å². The van der Waals surface area contributed by atoms with Gasteiger partial charge in [0.15, 0.2) is 0 Å². The van der Waals surface area contributed by atoms with Gasteiger partial charge >= 0.3 is 37.7 Å². The molecule has 2 rings (SSSR count). The van der Waals surface area contributed by atoms with Crippen molar-refractivity contribution in [3.8, 4) is 0 Å². The van der Waals surface area contributed by atoms with Crippen molar-refractivity contribution in [3.05, 3.63) is 29.8 Å². The van der Waals surface area contributed by atoms with Gasteiger partial charge in [0.2, 0.25) is 0 Å². The van der Waals surface area contributed by atoms with Gasteiger partial charge in [0.05, 0.1) is 13.4 Å². The number of hydrogen-bond acceptors (Lipinski definition) is 6. The molecule has 1 aromatic rings. The van der Waals surface area contributed by atoms with Crippen molar-refractivity contribution in [2.45, 2.75) is 4.90 Å². The Kier molecular flexibility index (Phi) is 6.45. The maximum Gasteiger partial charge on any atom is 2.00 e. The number of rotatable bonds is 0. The molecule has 0 saturated heterocycles. The van der Waals surface area contributed by atoms with Crippen molar-refractivity contribution in [1.82, 2.24) is 4.72 Å². The second-order valence-electron chi connectivity index (χ2n) is 2.90. The Balaban J connectivity index is 0.000000421. The summed E-state index contributed by atoms with van der Waals surface area (Å²) in [5.41, 5.74) is 0.220. The molecule has 0 spiro atoms. The first kappa shape index (κ1) is 18.0. The molecular formula is C7H6CaNO7PS. The van der Waals surface area contributed by atoms with Crippen LogP contribution in [0.15, 0.2) is 29.2 Å². The topological polar surface area (TPSA) is 147 Å². The van der Waals surface area contributed by atoms with E-state index in [2.05, 4.69) is 0 Å². The molecule has 1 amide bonds. The summed E-state index contributed by atoms with van der Waals surface area (Å²) in [5, 5.41) is 0. The number of phosphoric acid groups is 1. The van der Waals surface area contributed by atoms with Crippen LogP contribution in [0.3, 0.4) is 0 Å². The fourth-order valence-electron chi connectivity index (χ4n) is 1.12. The maximum absolute atomic E-state index is 11.1. The first-order valence-electron chi connectivity index (χ1n) is 4.02. The molecule has 0 unspecified atom stereocenters. The summed E-state index contributed by atoms with van der Waals surface area (Å²) >= 11 is 0. The van der Waals surface area contributed by atoms with Crippen molar-refractivity contribution in [1.29, 1.82) is 0 Å². The molecule has 0 bridgehead atoms. The van der Waals surface area contributed by atoms with Crippen LogP contribution in [-0.2, 0) is 14.6 Å². The molecule has 18 heavy (non-hydrogen) atoms. The summed E-state index contributed by atoms with van der Waals surface area (Å²) in [6, 6.07) is 6.09. The number of sulfonamides is 1. The van der Waals surface area contributed by atoms with Crippen LogP contribution in [0.1, 0.15) is 10.4 Å². The molecule has 1 aliphatic rings. The van der Waals surface area contributed by atoms with Gasteiger partial charge in [0.1, 0.15) is 4.90 Å². The number of fused-ring (bicyclic) bond motifs is 1. The minimum atomic E-state index is -5.14. The van der Waals surface area contributed by atoms with Crippen molar-refractivity contribution in [3.63, 3.8) is 0 Å². The fourth-order valence-corrected chi connectivity index (χ4v) is 2.29. The van der Waals surface area contributed by atoms with Crippen molar-refractivity contribution in [2.24, 2.45) is 0 Å². The fraction of sp³-hybridized carbons (Fsp3) is 0. The standard InChI is InChI=1S/C7H5NO3S.Ca.H3O4P/c9-7-5-3-1-2-4-6(5)12(10,11)8-7;;1-5(2,3)4/h1-4H,(H,8,9);;(H3,1,2,3,4)/q;+2;/p-2. The van der Waals surface area contributed by atoms with Gasteiger partial charge in [0.25, 0.3) is 15.9 Å². The van der Waals surface area contributed by atoms with Gasteiger partial charge in [-0.2, -0.15) is 0 Å². The third-order valence-electron chi connectivity index (χ3n) is 1.65. The van der Waals surface area contributed by atoms with Crippen LogP contribution in [0.2, 0.25) is 0 Å². The first-order valence-corrected chi connectivity index (χ1v) is 7.00. The summed E-state index contributed by atoms with van der Waals surface area (Å²) < 4.78 is 32.8. The summed E-state index contributed by atoms with van der Waals surface area (Å²) in [4.78, 5) is 35.3. The Morgan fingerprint density at radius 1 is 1.22 bits per heavy atom. The smallest absolute Gasteiger partial charge is 0.790 e. The molecule has 11 heteroatoms. The van der Waals surface area contributed by atoms with Gasteiger partial charge in [0, 0.05) is 0 Å². The van der Waals surface area contributed by atoms with Crippen LogP contribution in [0.5, 0.6) is 0 Å². The second kappa shape index (κ2) is 6.44. The number of amides is 1. The predicted molar refractivity (Wildman–Crippen MR) is 56.7 cm³/mol. The molecular weight excluding hydrogens is 313 g/mol. The molecule has 94 valence electrons. The van der Waals surface area contributed by atoms with E-state index in [4.69, 9.17) is 19.2 Å². The molecule has 0 fully saturated rings. The number of nitrogens with one attached hydrogen (secondary N) is 1. The van der Waals surface area contributed by atoms with Crippen LogP contribution in [0, 0.1) is 0 Å². The zero-order chi connectivity index (χ0) is 13.3. The SMILES string of the molecule is O=C1NS(=O)(=O)c2ccccc21.O=P([O-])([O-])O.[Ca+2]. The van der Waals surface area contributed by atoms with Gasteiger partial charge < -0.3 is 19.2 Å². The van der Waals surface area contributed by atoms with E-state index < -0.39 is 23.8 Å². The van der Waals surface area contributed by atoms with E-state index in [-0.39, 0.29) is 48.2 Å². The minimum absolute atomic E-state index is 0. The Hall–Kier alpha value is 0.00974. The molecule has 1 heterocycles. The van der Waals surface area contributed by atoms with Crippen molar-refractivity contribution in [2.75, 3.05) is 0 Å². The van der Waals surface area contributed by atoms with Crippen LogP contribution in [-0.4, -0.2) is 57.0 Å². The number of carbonyl (C=O) groups excluding carboxylic acids is 1. The van der Waals surface area contributed by atoms with Crippen LogP contribution < -0.4 is 14.5 Å². The van der Waals surface area contributed by atoms with Crippen LogP contribution >= 0.6 is 7.82 Å². The van der Waals surface area contributed by atoms with Gasteiger partial charge in [-0.25, -0.2) is 13.1 Å². The Labute approximate surface area is 132 Å². The van der Waals surface area contributed by atoms with E-state index in [9.17, 15) is 13.2 Å². The van der Waals surface area contributed by atoms with Crippen molar-refractivity contribution >= 4 is 61.5 Å². The van der Waals surface area contributed by atoms with E-state index in [0.29, 0.717) is 0 Å². The molecule has 1 aliphatic heterocycles. The molecule has 0 atom stereocenters. The van der Waals surface area contributed by atoms with Gasteiger partial charge in [-0.05, 0) is 12.1 Å². The normalized spacial score (nSPS) is 15.6. The second-order valence-corrected chi connectivity index (χ2v) is 5.49. The van der Waals surface area contributed by atoms with Crippen LogP contribution in [0.25, 0.3) is 0 Å². The molecule has 8 nitrogen and oxygen atoms in total. The summed E-state index contributed by atoms with van der Waals surface area (Å²) in [5.74, 6) is -0.550. The van der Waals surface area contributed by atoms with E-state index >= 15 is 0 Å². The molecule has 0 radical (unpaired) electrons. The zero-order valence-corrected chi connectivity index (χ0v) is 12.7. The Morgan fingerprint density at radius 3 is 2.11 bits per heavy atom. The zero-order valence-electron chi connectivity index (χ0n) is 8.77. The quantitative estimate of drug-likeness (QED) is 0.398. The summed E-state index contributed by atoms with van der Waals surface area (Å²) in [6.45, 7) is 0. The summed E-state index contributed by atoms with van der Waals surface area (Å²) in [7, 11) is -8.69.